The summed E-state index contributed by atoms with van der Waals surface area (Å²) in [6.07, 6.45) is 11.8. The molecule has 2 atom stereocenters. The largest absolute Gasteiger partial charge is 0.0625 e. The van der Waals surface area contributed by atoms with E-state index in [-0.39, 0.29) is 0 Å². The smallest absolute Gasteiger partial charge is 0.0365 e. The fourth-order valence-corrected chi connectivity index (χ4v) is 4.29. The van der Waals surface area contributed by atoms with Crippen molar-refractivity contribution < 1.29 is 0 Å². The summed E-state index contributed by atoms with van der Waals surface area (Å²) in [5, 5.41) is 0. The monoisotopic (exact) mass is 280 g/mol. The second kappa shape index (κ2) is 9.11. The molecule has 0 radical (unpaired) electrons. The molecule has 20 heavy (non-hydrogen) atoms. The molecule has 2 fully saturated rings. The first-order valence-corrected chi connectivity index (χ1v) is 9.41. The lowest BCUT2D eigenvalue weighted by Gasteiger charge is -2.31. The van der Waals surface area contributed by atoms with Crippen molar-refractivity contribution in [2.75, 3.05) is 0 Å². The topological polar surface area (TPSA) is 0 Å². The summed E-state index contributed by atoms with van der Waals surface area (Å²) in [6.45, 7) is 14.3. The van der Waals surface area contributed by atoms with Gasteiger partial charge in [0, 0.05) is 0 Å². The molecule has 2 aliphatic rings. The third-order valence-electron chi connectivity index (χ3n) is 6.04. The molecule has 0 nitrogen and oxygen atoms in total. The van der Waals surface area contributed by atoms with Gasteiger partial charge in [-0.1, -0.05) is 73.6 Å². The van der Waals surface area contributed by atoms with Gasteiger partial charge in [0.1, 0.15) is 0 Å². The van der Waals surface area contributed by atoms with E-state index in [2.05, 4.69) is 41.5 Å². The molecule has 2 unspecified atom stereocenters. The molecule has 0 aromatic rings. The van der Waals surface area contributed by atoms with Gasteiger partial charge in [0.05, 0.1) is 0 Å². The molecule has 2 aliphatic carbocycles. The Morgan fingerprint density at radius 2 is 1.20 bits per heavy atom. The molecule has 0 aromatic carbocycles. The molecular weight excluding hydrogens is 240 g/mol. The molecule has 0 N–H and O–H groups in total. The van der Waals surface area contributed by atoms with Crippen LogP contribution in [0.3, 0.4) is 0 Å². The maximum atomic E-state index is 2.42. The predicted molar refractivity (Wildman–Crippen MR) is 91.9 cm³/mol. The summed E-state index contributed by atoms with van der Waals surface area (Å²) in [5.41, 5.74) is 0. The average molecular weight is 281 g/mol. The Morgan fingerprint density at radius 1 is 0.650 bits per heavy atom. The summed E-state index contributed by atoms with van der Waals surface area (Å²) in [7, 11) is 0. The molecule has 0 heterocycles. The van der Waals surface area contributed by atoms with Gasteiger partial charge < -0.3 is 0 Å². The van der Waals surface area contributed by atoms with Gasteiger partial charge in [-0.3, -0.25) is 0 Å². The van der Waals surface area contributed by atoms with E-state index < -0.39 is 0 Å². The van der Waals surface area contributed by atoms with Crippen molar-refractivity contribution in [2.24, 2.45) is 35.5 Å². The fraction of sp³-hybridized carbons (Fsp3) is 1.00. The zero-order valence-corrected chi connectivity index (χ0v) is 15.1. The summed E-state index contributed by atoms with van der Waals surface area (Å²) in [4.78, 5) is 0. The van der Waals surface area contributed by atoms with Gasteiger partial charge in [0.2, 0.25) is 0 Å². The average Bonchev–Trinajstić information content (AvgIpc) is 2.40. The third-order valence-corrected chi connectivity index (χ3v) is 6.04. The molecule has 120 valence electrons. The van der Waals surface area contributed by atoms with E-state index in [1.165, 1.54) is 51.4 Å². The second-order valence-electron chi connectivity index (χ2n) is 8.43. The minimum atomic E-state index is 0.912. The molecular formula is C20H40. The second-order valence-corrected chi connectivity index (χ2v) is 8.43. The fourth-order valence-electron chi connectivity index (χ4n) is 4.29. The zero-order valence-electron chi connectivity index (χ0n) is 15.1. The normalized spacial score (nSPS) is 34.8. The first kappa shape index (κ1) is 18.1. The lowest BCUT2D eigenvalue weighted by atomic mass is 9.75. The Hall–Kier alpha value is 0. The minimum absolute atomic E-state index is 0.912. The Balaban J connectivity index is 0.000000200. The van der Waals surface area contributed by atoms with Crippen LogP contribution in [-0.2, 0) is 0 Å². The highest BCUT2D eigenvalue weighted by atomic mass is 14.3. The van der Waals surface area contributed by atoms with Crippen LogP contribution in [-0.4, -0.2) is 0 Å². The van der Waals surface area contributed by atoms with E-state index in [0.29, 0.717) is 0 Å². The van der Waals surface area contributed by atoms with E-state index in [9.17, 15) is 0 Å². The SMILES string of the molecule is CC(C)C1CCCCC1C.CC1CCC(C(C)C)CC1. The first-order chi connectivity index (χ1) is 9.41. The summed E-state index contributed by atoms with van der Waals surface area (Å²) >= 11 is 0. The predicted octanol–water partition coefficient (Wildman–Crippen LogP) is 6.94. The first-order valence-electron chi connectivity index (χ1n) is 9.41. The van der Waals surface area contributed by atoms with Gasteiger partial charge in [-0.15, -0.1) is 0 Å². The Kier molecular flexibility index (Phi) is 8.22. The van der Waals surface area contributed by atoms with E-state index in [1.54, 1.807) is 0 Å². The molecule has 0 heteroatoms. The molecule has 0 aromatic heterocycles. The molecule has 0 saturated heterocycles. The molecule has 0 spiro atoms. The van der Waals surface area contributed by atoms with Crippen molar-refractivity contribution in [2.45, 2.75) is 92.9 Å². The van der Waals surface area contributed by atoms with E-state index in [0.717, 1.165) is 35.5 Å². The highest BCUT2D eigenvalue weighted by Crippen LogP contribution is 2.34. The van der Waals surface area contributed by atoms with E-state index >= 15 is 0 Å². The van der Waals surface area contributed by atoms with Crippen molar-refractivity contribution >= 4 is 0 Å². The maximum absolute atomic E-state index is 2.42. The lowest BCUT2D eigenvalue weighted by Crippen LogP contribution is -2.21. The summed E-state index contributed by atoms with van der Waals surface area (Å²) < 4.78 is 0. The van der Waals surface area contributed by atoms with Crippen LogP contribution in [0, 0.1) is 35.5 Å². The molecule has 2 rings (SSSR count). The van der Waals surface area contributed by atoms with Crippen molar-refractivity contribution in [1.29, 1.82) is 0 Å². The summed E-state index contributed by atoms with van der Waals surface area (Å²) in [6, 6.07) is 0. The summed E-state index contributed by atoms with van der Waals surface area (Å²) in [5.74, 6) is 5.90. The highest BCUT2D eigenvalue weighted by Gasteiger charge is 2.23. The molecule has 2 saturated carbocycles. The van der Waals surface area contributed by atoms with Crippen LogP contribution in [0.5, 0.6) is 0 Å². The van der Waals surface area contributed by atoms with Gasteiger partial charge in [0.25, 0.3) is 0 Å². The van der Waals surface area contributed by atoms with Crippen LogP contribution in [0.4, 0.5) is 0 Å². The van der Waals surface area contributed by atoms with E-state index in [1.807, 2.05) is 0 Å². The maximum Gasteiger partial charge on any atom is -0.0365 e. The number of rotatable bonds is 2. The van der Waals surface area contributed by atoms with Gasteiger partial charge in [-0.05, 0) is 54.8 Å². The zero-order chi connectivity index (χ0) is 15.1. The van der Waals surface area contributed by atoms with E-state index in [4.69, 9.17) is 0 Å². The van der Waals surface area contributed by atoms with Crippen LogP contribution in [0.15, 0.2) is 0 Å². The van der Waals surface area contributed by atoms with Crippen LogP contribution in [0.1, 0.15) is 92.9 Å². The Bertz CT molecular complexity index is 232. The van der Waals surface area contributed by atoms with Gasteiger partial charge in [-0.2, -0.15) is 0 Å². The lowest BCUT2D eigenvalue weighted by molar-refractivity contribution is 0.196. The van der Waals surface area contributed by atoms with Crippen LogP contribution >= 0.6 is 0 Å². The molecule has 0 bridgehead atoms. The van der Waals surface area contributed by atoms with Crippen molar-refractivity contribution in [3.63, 3.8) is 0 Å². The van der Waals surface area contributed by atoms with Crippen molar-refractivity contribution in [3.05, 3.63) is 0 Å². The number of hydrogen-bond acceptors (Lipinski definition) is 0. The minimum Gasteiger partial charge on any atom is -0.0625 e. The molecule has 0 aliphatic heterocycles. The van der Waals surface area contributed by atoms with Gasteiger partial charge in [0.15, 0.2) is 0 Å². The number of hydrogen-bond donors (Lipinski definition) is 0. The van der Waals surface area contributed by atoms with Crippen LogP contribution in [0.2, 0.25) is 0 Å². The third kappa shape index (κ3) is 6.19. The van der Waals surface area contributed by atoms with Gasteiger partial charge in [-0.25, -0.2) is 0 Å². The van der Waals surface area contributed by atoms with Crippen LogP contribution in [0.25, 0.3) is 0 Å². The Labute approximate surface area is 129 Å². The highest BCUT2D eigenvalue weighted by molar-refractivity contribution is 4.74. The van der Waals surface area contributed by atoms with Crippen molar-refractivity contribution in [3.8, 4) is 0 Å². The standard InChI is InChI=1S/2C10H20/c1-8(2)10-6-4-9(3)5-7-10;1-8(2)10-7-5-4-6-9(10)3/h2*8-10H,4-7H2,1-3H3. The quantitative estimate of drug-likeness (QED) is 0.514. The van der Waals surface area contributed by atoms with Crippen molar-refractivity contribution in [1.82, 2.24) is 0 Å². The Morgan fingerprint density at radius 3 is 1.60 bits per heavy atom. The van der Waals surface area contributed by atoms with Gasteiger partial charge >= 0.3 is 0 Å². The molecule has 0 amide bonds. The van der Waals surface area contributed by atoms with Crippen LogP contribution < -0.4 is 0 Å².